The molecular formula is C40H58O13. The van der Waals surface area contributed by atoms with Gasteiger partial charge in [0.2, 0.25) is 0 Å². The van der Waals surface area contributed by atoms with Gasteiger partial charge in [-0.05, 0) is 128 Å². The number of esters is 3. The summed E-state index contributed by atoms with van der Waals surface area (Å²) >= 11 is 0. The maximum atomic E-state index is 13.6. The molecule has 0 radical (unpaired) electrons. The van der Waals surface area contributed by atoms with E-state index in [1.165, 1.54) is 42.5 Å². The molecule has 53 heavy (non-hydrogen) atoms. The molecule has 0 bridgehead atoms. The van der Waals surface area contributed by atoms with Crippen molar-refractivity contribution in [2.24, 2.45) is 0 Å². The van der Waals surface area contributed by atoms with Crippen molar-refractivity contribution in [1.29, 1.82) is 0 Å². The molecular weight excluding hydrogens is 688 g/mol. The molecule has 0 aliphatic heterocycles. The number of carbonyl (C=O) groups excluding carboxylic acids is 4. The Hall–Kier alpha value is -3.72. The summed E-state index contributed by atoms with van der Waals surface area (Å²) in [5.41, 5.74) is -4.62. The molecule has 0 unspecified atom stereocenters. The highest BCUT2D eigenvalue weighted by atomic mass is 17.2. The maximum absolute atomic E-state index is 13.6. The van der Waals surface area contributed by atoms with E-state index in [4.69, 9.17) is 43.5 Å². The van der Waals surface area contributed by atoms with Crippen LogP contribution in [0.5, 0.6) is 0 Å². The molecule has 0 N–H and O–H groups in total. The van der Waals surface area contributed by atoms with E-state index in [0.29, 0.717) is 0 Å². The second kappa shape index (κ2) is 17.6. The number of carbonyl (C=O) groups is 4. The number of ketones is 1. The van der Waals surface area contributed by atoms with Crippen LogP contribution in [-0.2, 0) is 43.5 Å². The van der Waals surface area contributed by atoms with Crippen LogP contribution >= 0.6 is 0 Å². The lowest BCUT2D eigenvalue weighted by Crippen LogP contribution is -2.36. The molecule has 2 rings (SSSR count). The standard InChI is InChI=1S/C40H58O13/c1-35(2,3)48-51-38(10,11)23-45-32(42)27-18-16-26(17-19-27)31(41)28-20-21-29(33(43)46-24-39(12,13)52-49-36(4,5)6)30(22-28)34(44)47-25-40(14,15)53-50-37(7,8)9/h16-22H,23-25H2,1-15H3. The van der Waals surface area contributed by atoms with E-state index in [-0.39, 0.29) is 47.6 Å². The third kappa shape index (κ3) is 16.9. The predicted molar refractivity (Wildman–Crippen MR) is 195 cm³/mol. The zero-order valence-electron chi connectivity index (χ0n) is 34.0. The highest BCUT2D eigenvalue weighted by molar-refractivity contribution is 6.12. The molecule has 0 aromatic heterocycles. The third-order valence-electron chi connectivity index (χ3n) is 6.31. The molecule has 2 aromatic carbocycles. The lowest BCUT2D eigenvalue weighted by atomic mass is 9.97. The monoisotopic (exact) mass is 746 g/mol. The molecule has 0 atom stereocenters. The van der Waals surface area contributed by atoms with Gasteiger partial charge in [0.05, 0.1) is 33.5 Å². The fraction of sp³-hybridized carbons (Fsp3) is 0.600. The number of rotatable bonds is 17. The van der Waals surface area contributed by atoms with Crippen LogP contribution in [0.2, 0.25) is 0 Å². The van der Waals surface area contributed by atoms with Gasteiger partial charge in [0.25, 0.3) is 0 Å². The molecule has 296 valence electrons. The molecule has 0 saturated heterocycles. The van der Waals surface area contributed by atoms with E-state index in [0.717, 1.165) is 0 Å². The first-order valence-corrected chi connectivity index (χ1v) is 17.4. The SMILES string of the molecule is CC(C)(C)OOC(C)(C)COC(=O)c1ccc(C(=O)c2ccc(C(=O)OCC(C)(C)OOC(C)(C)C)c(C(=O)OCC(C)(C)OOC(C)(C)C)c2)cc1. The van der Waals surface area contributed by atoms with Crippen molar-refractivity contribution in [1.82, 2.24) is 0 Å². The zero-order chi connectivity index (χ0) is 40.6. The quantitative estimate of drug-likeness (QED) is 0.0506. The van der Waals surface area contributed by atoms with E-state index in [2.05, 4.69) is 0 Å². The van der Waals surface area contributed by atoms with Crippen molar-refractivity contribution in [3.63, 3.8) is 0 Å². The number of benzene rings is 2. The molecule has 13 heteroatoms. The largest absolute Gasteiger partial charge is 0.459 e. The third-order valence-corrected chi connectivity index (χ3v) is 6.31. The van der Waals surface area contributed by atoms with Gasteiger partial charge in [-0.15, -0.1) is 0 Å². The van der Waals surface area contributed by atoms with E-state index in [1.54, 1.807) is 62.3 Å². The fourth-order valence-electron chi connectivity index (χ4n) is 3.70. The van der Waals surface area contributed by atoms with Crippen molar-refractivity contribution in [3.8, 4) is 0 Å². The van der Waals surface area contributed by atoms with Gasteiger partial charge >= 0.3 is 17.9 Å². The smallest absolute Gasteiger partial charge is 0.339 e. The van der Waals surface area contributed by atoms with E-state index in [1.807, 2.05) is 41.5 Å². The lowest BCUT2D eigenvalue weighted by molar-refractivity contribution is -0.400. The van der Waals surface area contributed by atoms with Crippen LogP contribution in [0.4, 0.5) is 0 Å². The first-order chi connectivity index (χ1) is 24.0. The van der Waals surface area contributed by atoms with Crippen LogP contribution in [0.25, 0.3) is 0 Å². The highest BCUT2D eigenvalue weighted by Crippen LogP contribution is 2.23. The Labute approximate surface area is 313 Å². The summed E-state index contributed by atoms with van der Waals surface area (Å²) in [5, 5.41) is 0. The normalized spacial score (nSPS) is 13.0. The average molecular weight is 747 g/mol. The Bertz CT molecular complexity index is 1570. The molecule has 0 saturated carbocycles. The molecule has 0 fully saturated rings. The van der Waals surface area contributed by atoms with E-state index in [9.17, 15) is 19.2 Å². The van der Waals surface area contributed by atoms with Crippen LogP contribution in [0, 0.1) is 0 Å². The summed E-state index contributed by atoms with van der Waals surface area (Å²) in [6.45, 7) is 25.9. The van der Waals surface area contributed by atoms with Crippen LogP contribution in [0.1, 0.15) is 151 Å². The molecule has 0 amide bonds. The fourth-order valence-corrected chi connectivity index (χ4v) is 3.70. The molecule has 13 nitrogen and oxygen atoms in total. The van der Waals surface area contributed by atoms with Crippen LogP contribution in [0.3, 0.4) is 0 Å². The minimum absolute atomic E-state index is 0.0791. The van der Waals surface area contributed by atoms with Crippen LogP contribution in [-0.4, -0.2) is 77.1 Å². The van der Waals surface area contributed by atoms with Crippen molar-refractivity contribution >= 4 is 23.7 Å². The topological polar surface area (TPSA) is 151 Å². The molecule has 0 aliphatic carbocycles. The Balaban J connectivity index is 2.31. The average Bonchev–Trinajstić information content (AvgIpc) is 3.05. The summed E-state index contributed by atoms with van der Waals surface area (Å²) in [6.07, 6.45) is 0. The van der Waals surface area contributed by atoms with E-state index >= 15 is 0 Å². The van der Waals surface area contributed by atoms with Gasteiger partial charge in [-0.25, -0.2) is 43.7 Å². The summed E-state index contributed by atoms with van der Waals surface area (Å²) < 4.78 is 16.5. The Morgan fingerprint density at radius 1 is 0.396 bits per heavy atom. The van der Waals surface area contributed by atoms with Gasteiger partial charge in [-0.3, -0.25) is 4.79 Å². The lowest BCUT2D eigenvalue weighted by Gasteiger charge is -2.28. The number of ether oxygens (including phenoxy) is 3. The van der Waals surface area contributed by atoms with Crippen molar-refractivity contribution < 1.29 is 62.7 Å². The summed E-state index contributed by atoms with van der Waals surface area (Å²) in [7, 11) is 0. The van der Waals surface area contributed by atoms with E-state index < -0.39 is 57.3 Å². The van der Waals surface area contributed by atoms with Gasteiger partial charge in [0, 0.05) is 11.1 Å². The second-order valence-corrected chi connectivity index (χ2v) is 17.5. The molecule has 2 aromatic rings. The number of hydrogen-bond donors (Lipinski definition) is 0. The van der Waals surface area contributed by atoms with Gasteiger partial charge in [-0.2, -0.15) is 0 Å². The molecule has 0 spiro atoms. The van der Waals surface area contributed by atoms with Crippen LogP contribution in [0.15, 0.2) is 42.5 Å². The van der Waals surface area contributed by atoms with Gasteiger partial charge < -0.3 is 14.2 Å². The Kier molecular flexibility index (Phi) is 15.1. The first-order valence-electron chi connectivity index (χ1n) is 17.4. The van der Waals surface area contributed by atoms with Crippen molar-refractivity contribution in [2.45, 2.75) is 137 Å². The van der Waals surface area contributed by atoms with Crippen molar-refractivity contribution in [2.75, 3.05) is 19.8 Å². The van der Waals surface area contributed by atoms with Gasteiger partial charge in [0.15, 0.2) is 5.78 Å². The predicted octanol–water partition coefficient (Wildman–Crippen LogP) is 7.96. The summed E-state index contributed by atoms with van der Waals surface area (Å²) in [4.78, 5) is 85.8. The molecule has 0 heterocycles. The van der Waals surface area contributed by atoms with Crippen LogP contribution < -0.4 is 0 Å². The maximum Gasteiger partial charge on any atom is 0.339 e. The minimum Gasteiger partial charge on any atom is -0.459 e. The van der Waals surface area contributed by atoms with Gasteiger partial charge in [-0.1, -0.05) is 18.2 Å². The Morgan fingerprint density at radius 3 is 1.09 bits per heavy atom. The van der Waals surface area contributed by atoms with Crippen molar-refractivity contribution in [3.05, 3.63) is 70.3 Å². The van der Waals surface area contributed by atoms with Gasteiger partial charge in [0.1, 0.15) is 36.6 Å². The summed E-state index contributed by atoms with van der Waals surface area (Å²) in [6, 6.07) is 9.79. The summed E-state index contributed by atoms with van der Waals surface area (Å²) in [5.74, 6) is -2.86. The number of hydrogen-bond acceptors (Lipinski definition) is 13. The highest BCUT2D eigenvalue weighted by Gasteiger charge is 2.31. The first kappa shape index (κ1) is 45.4. The Morgan fingerprint density at radius 2 is 0.717 bits per heavy atom. The minimum atomic E-state index is -1.06. The molecule has 0 aliphatic rings. The second-order valence-electron chi connectivity index (χ2n) is 17.5. The zero-order valence-corrected chi connectivity index (χ0v) is 34.0.